The van der Waals surface area contributed by atoms with E-state index < -0.39 is 0 Å². The molecule has 2 unspecified atom stereocenters. The zero-order valence-corrected chi connectivity index (χ0v) is 12.2. The molecule has 1 aliphatic rings. The summed E-state index contributed by atoms with van der Waals surface area (Å²) < 4.78 is 12.8. The van der Waals surface area contributed by atoms with Gasteiger partial charge in [0.2, 0.25) is 5.91 Å². The van der Waals surface area contributed by atoms with Gasteiger partial charge in [-0.25, -0.2) is 4.39 Å². The molecular formula is C16H21FN2O2. The predicted octanol–water partition coefficient (Wildman–Crippen LogP) is 2.05. The van der Waals surface area contributed by atoms with Gasteiger partial charge < -0.3 is 10.6 Å². The number of carbonyl (C=O) groups excluding carboxylic acids is 2. The van der Waals surface area contributed by atoms with Gasteiger partial charge in [0.05, 0.1) is 0 Å². The Morgan fingerprint density at radius 1 is 1.29 bits per heavy atom. The average Bonchev–Trinajstić information content (AvgIpc) is 2.48. The van der Waals surface area contributed by atoms with Crippen molar-refractivity contribution in [1.82, 2.24) is 10.6 Å². The summed E-state index contributed by atoms with van der Waals surface area (Å²) in [5.74, 6) is -0.617. The number of ketones is 1. The van der Waals surface area contributed by atoms with E-state index in [9.17, 15) is 14.0 Å². The van der Waals surface area contributed by atoms with Crippen LogP contribution in [0.3, 0.4) is 0 Å². The van der Waals surface area contributed by atoms with E-state index in [1.807, 2.05) is 6.92 Å². The average molecular weight is 292 g/mol. The van der Waals surface area contributed by atoms with Gasteiger partial charge in [-0.2, -0.15) is 0 Å². The van der Waals surface area contributed by atoms with Crippen molar-refractivity contribution in [2.24, 2.45) is 0 Å². The lowest BCUT2D eigenvalue weighted by Crippen LogP contribution is -2.51. The molecule has 2 atom stereocenters. The molecule has 1 saturated heterocycles. The normalized spacial score (nSPS) is 21.8. The first-order chi connectivity index (χ1) is 10.1. The largest absolute Gasteiger partial charge is 0.352 e. The molecular weight excluding hydrogens is 271 g/mol. The fraction of sp³-hybridized carbons (Fsp3) is 0.500. The first-order valence-electron chi connectivity index (χ1n) is 7.38. The Bertz CT molecular complexity index is 502. The molecule has 1 amide bonds. The summed E-state index contributed by atoms with van der Waals surface area (Å²) in [6.07, 6.45) is 2.32. The molecule has 0 bridgehead atoms. The summed E-state index contributed by atoms with van der Waals surface area (Å²) in [4.78, 5) is 23.8. The quantitative estimate of drug-likeness (QED) is 0.817. The molecule has 1 aliphatic heterocycles. The third kappa shape index (κ3) is 4.63. The lowest BCUT2D eigenvalue weighted by Gasteiger charge is -2.30. The van der Waals surface area contributed by atoms with Crippen LogP contribution >= 0.6 is 0 Å². The molecule has 2 rings (SSSR count). The predicted molar refractivity (Wildman–Crippen MR) is 78.6 cm³/mol. The van der Waals surface area contributed by atoms with E-state index in [-0.39, 0.29) is 42.4 Å². The van der Waals surface area contributed by atoms with Crippen molar-refractivity contribution < 1.29 is 14.0 Å². The summed E-state index contributed by atoms with van der Waals surface area (Å²) in [5, 5.41) is 6.29. The Labute approximate surface area is 124 Å². The second-order valence-corrected chi connectivity index (χ2v) is 5.49. The summed E-state index contributed by atoms with van der Waals surface area (Å²) in [7, 11) is 0. The molecule has 21 heavy (non-hydrogen) atoms. The molecule has 2 N–H and O–H groups in total. The van der Waals surface area contributed by atoms with Gasteiger partial charge in [-0.1, -0.05) is 0 Å². The summed E-state index contributed by atoms with van der Waals surface area (Å²) in [5.41, 5.74) is 0.442. The number of benzene rings is 1. The monoisotopic (exact) mass is 292 g/mol. The molecule has 0 saturated carbocycles. The molecule has 0 aromatic heterocycles. The van der Waals surface area contributed by atoms with Crippen LogP contribution in [0.15, 0.2) is 24.3 Å². The van der Waals surface area contributed by atoms with E-state index in [0.717, 1.165) is 19.4 Å². The standard InChI is InChI=1S/C16H21FN2O2/c1-11-14(3-2-10-18-11)19-16(21)9-8-15(20)12-4-6-13(17)7-5-12/h4-7,11,14,18H,2-3,8-10H2,1H3,(H,19,21). The van der Waals surface area contributed by atoms with Crippen molar-refractivity contribution in [1.29, 1.82) is 0 Å². The van der Waals surface area contributed by atoms with Crippen LogP contribution in [0.1, 0.15) is 43.0 Å². The molecule has 1 heterocycles. The van der Waals surface area contributed by atoms with Crippen molar-refractivity contribution in [3.05, 3.63) is 35.6 Å². The SMILES string of the molecule is CC1NCCCC1NC(=O)CCC(=O)c1ccc(F)cc1. The van der Waals surface area contributed by atoms with Crippen molar-refractivity contribution in [3.8, 4) is 0 Å². The zero-order valence-electron chi connectivity index (χ0n) is 12.2. The van der Waals surface area contributed by atoms with Crippen molar-refractivity contribution in [3.63, 3.8) is 0 Å². The van der Waals surface area contributed by atoms with Gasteiger partial charge in [0, 0.05) is 30.5 Å². The molecule has 1 fully saturated rings. The number of hydrogen-bond acceptors (Lipinski definition) is 3. The van der Waals surface area contributed by atoms with Crippen LogP contribution in [0.2, 0.25) is 0 Å². The van der Waals surface area contributed by atoms with Crippen LogP contribution in [0, 0.1) is 5.82 Å². The lowest BCUT2D eigenvalue weighted by molar-refractivity contribution is -0.122. The molecule has 0 spiro atoms. The van der Waals surface area contributed by atoms with Gasteiger partial charge in [0.25, 0.3) is 0 Å². The molecule has 0 radical (unpaired) electrons. The Morgan fingerprint density at radius 2 is 2.00 bits per heavy atom. The Morgan fingerprint density at radius 3 is 2.67 bits per heavy atom. The molecule has 1 aromatic carbocycles. The number of halogens is 1. The highest BCUT2D eigenvalue weighted by Gasteiger charge is 2.22. The number of amides is 1. The fourth-order valence-corrected chi connectivity index (χ4v) is 2.53. The van der Waals surface area contributed by atoms with Crippen LogP contribution in [-0.4, -0.2) is 30.3 Å². The van der Waals surface area contributed by atoms with Crippen molar-refractivity contribution >= 4 is 11.7 Å². The van der Waals surface area contributed by atoms with E-state index in [1.54, 1.807) is 0 Å². The van der Waals surface area contributed by atoms with E-state index in [1.165, 1.54) is 24.3 Å². The van der Waals surface area contributed by atoms with Gasteiger partial charge in [-0.3, -0.25) is 9.59 Å². The van der Waals surface area contributed by atoms with Gasteiger partial charge in [0.1, 0.15) is 5.82 Å². The van der Waals surface area contributed by atoms with Crippen LogP contribution in [0.25, 0.3) is 0 Å². The highest BCUT2D eigenvalue weighted by Crippen LogP contribution is 2.10. The minimum Gasteiger partial charge on any atom is -0.352 e. The minimum absolute atomic E-state index is 0.106. The number of nitrogens with one attached hydrogen (secondary N) is 2. The van der Waals surface area contributed by atoms with E-state index >= 15 is 0 Å². The Kier molecular flexibility index (Phi) is 5.44. The molecule has 5 heteroatoms. The number of hydrogen-bond donors (Lipinski definition) is 2. The Hall–Kier alpha value is -1.75. The van der Waals surface area contributed by atoms with Crippen LogP contribution in [0.4, 0.5) is 4.39 Å². The van der Waals surface area contributed by atoms with Gasteiger partial charge in [0.15, 0.2) is 5.78 Å². The maximum Gasteiger partial charge on any atom is 0.220 e. The van der Waals surface area contributed by atoms with Crippen molar-refractivity contribution in [2.75, 3.05) is 6.54 Å². The van der Waals surface area contributed by atoms with Crippen molar-refractivity contribution in [2.45, 2.75) is 44.7 Å². The van der Waals surface area contributed by atoms with Gasteiger partial charge >= 0.3 is 0 Å². The second-order valence-electron chi connectivity index (χ2n) is 5.49. The summed E-state index contributed by atoms with van der Waals surface area (Å²) in [6, 6.07) is 5.79. The number of Topliss-reactive ketones (excluding diaryl/α,β-unsaturated/α-hetero) is 1. The first-order valence-corrected chi connectivity index (χ1v) is 7.38. The topological polar surface area (TPSA) is 58.2 Å². The number of carbonyl (C=O) groups is 2. The van der Waals surface area contributed by atoms with Crippen LogP contribution in [-0.2, 0) is 4.79 Å². The Balaban J connectivity index is 1.78. The fourth-order valence-electron chi connectivity index (χ4n) is 2.53. The van der Waals surface area contributed by atoms with E-state index in [4.69, 9.17) is 0 Å². The molecule has 114 valence electrons. The number of piperidine rings is 1. The van der Waals surface area contributed by atoms with Crippen LogP contribution < -0.4 is 10.6 Å². The van der Waals surface area contributed by atoms with E-state index in [0.29, 0.717) is 5.56 Å². The lowest BCUT2D eigenvalue weighted by atomic mass is 9.99. The third-order valence-electron chi connectivity index (χ3n) is 3.85. The summed E-state index contributed by atoms with van der Waals surface area (Å²) >= 11 is 0. The highest BCUT2D eigenvalue weighted by atomic mass is 19.1. The van der Waals surface area contributed by atoms with Crippen LogP contribution in [0.5, 0.6) is 0 Å². The smallest absolute Gasteiger partial charge is 0.220 e. The molecule has 4 nitrogen and oxygen atoms in total. The van der Waals surface area contributed by atoms with Gasteiger partial charge in [-0.05, 0) is 50.6 Å². The number of rotatable bonds is 5. The zero-order chi connectivity index (χ0) is 15.2. The summed E-state index contributed by atoms with van der Waals surface area (Å²) in [6.45, 7) is 3.03. The highest BCUT2D eigenvalue weighted by molar-refractivity contribution is 5.97. The first kappa shape index (κ1) is 15.6. The molecule has 0 aliphatic carbocycles. The minimum atomic E-state index is -0.372. The molecule has 1 aromatic rings. The maximum absolute atomic E-state index is 12.8. The maximum atomic E-state index is 12.8. The van der Waals surface area contributed by atoms with Gasteiger partial charge in [-0.15, -0.1) is 0 Å². The van der Waals surface area contributed by atoms with E-state index in [2.05, 4.69) is 10.6 Å². The third-order valence-corrected chi connectivity index (χ3v) is 3.85. The second kappa shape index (κ2) is 7.31.